The molecule has 0 saturated carbocycles. The van der Waals surface area contributed by atoms with Gasteiger partial charge in [-0.15, -0.1) is 0 Å². The predicted octanol–water partition coefficient (Wildman–Crippen LogP) is 3.39. The Morgan fingerprint density at radius 1 is 1.31 bits per heavy atom. The molecule has 0 N–H and O–H groups in total. The summed E-state index contributed by atoms with van der Waals surface area (Å²) in [6, 6.07) is 8.17. The second-order valence-corrected chi connectivity index (χ2v) is 3.91. The van der Waals surface area contributed by atoms with Gasteiger partial charge in [-0.1, -0.05) is 38.1 Å². The van der Waals surface area contributed by atoms with Gasteiger partial charge in [0.15, 0.2) is 0 Å². The molecule has 0 radical (unpaired) electrons. The Morgan fingerprint density at radius 3 is 2.44 bits per heavy atom. The Morgan fingerprint density at radius 2 is 1.94 bits per heavy atom. The van der Waals surface area contributed by atoms with Crippen molar-refractivity contribution in [2.45, 2.75) is 26.7 Å². The summed E-state index contributed by atoms with van der Waals surface area (Å²) >= 11 is 0. The number of esters is 1. The fourth-order valence-electron chi connectivity index (χ4n) is 1.35. The lowest BCUT2D eigenvalue weighted by Crippen LogP contribution is -1.98. The van der Waals surface area contributed by atoms with E-state index in [2.05, 4.69) is 26.0 Å². The van der Waals surface area contributed by atoms with Gasteiger partial charge in [0, 0.05) is 6.08 Å². The van der Waals surface area contributed by atoms with Crippen LogP contribution in [0.3, 0.4) is 0 Å². The molecule has 0 amide bonds. The van der Waals surface area contributed by atoms with E-state index in [1.165, 1.54) is 11.6 Å². The van der Waals surface area contributed by atoms with E-state index in [0.29, 0.717) is 12.5 Å². The molecule has 1 aromatic carbocycles. The molecule has 2 heteroatoms. The number of hydrogen-bond acceptors (Lipinski definition) is 2. The SMILES string of the molecule is CCOC(=O)/C=C\c1ccc(C(C)C)cc1. The van der Waals surface area contributed by atoms with Crippen LogP contribution in [0.4, 0.5) is 0 Å². The van der Waals surface area contributed by atoms with Gasteiger partial charge in [-0.3, -0.25) is 0 Å². The molecule has 2 nitrogen and oxygen atoms in total. The van der Waals surface area contributed by atoms with E-state index >= 15 is 0 Å². The summed E-state index contributed by atoms with van der Waals surface area (Å²) in [5.41, 5.74) is 2.31. The lowest BCUT2D eigenvalue weighted by atomic mass is 10.0. The Balaban J connectivity index is 2.65. The number of ether oxygens (including phenoxy) is 1. The average Bonchev–Trinajstić information content (AvgIpc) is 2.27. The zero-order valence-corrected chi connectivity index (χ0v) is 10.1. The number of hydrogen-bond donors (Lipinski definition) is 0. The van der Waals surface area contributed by atoms with Crippen molar-refractivity contribution in [3.8, 4) is 0 Å². The summed E-state index contributed by atoms with van der Waals surface area (Å²) in [7, 11) is 0. The Hall–Kier alpha value is -1.57. The van der Waals surface area contributed by atoms with E-state index in [9.17, 15) is 4.79 Å². The van der Waals surface area contributed by atoms with Crippen LogP contribution in [0.25, 0.3) is 6.08 Å². The zero-order valence-electron chi connectivity index (χ0n) is 10.1. The quantitative estimate of drug-likeness (QED) is 0.572. The van der Waals surface area contributed by atoms with Crippen LogP contribution in [0, 0.1) is 0 Å². The maximum absolute atomic E-state index is 11.1. The molecule has 0 heterocycles. The first kappa shape index (κ1) is 12.5. The van der Waals surface area contributed by atoms with E-state index in [-0.39, 0.29) is 5.97 Å². The van der Waals surface area contributed by atoms with Crippen LogP contribution < -0.4 is 0 Å². The summed E-state index contributed by atoms with van der Waals surface area (Å²) in [5.74, 6) is 0.235. The molecule has 0 atom stereocenters. The smallest absolute Gasteiger partial charge is 0.330 e. The van der Waals surface area contributed by atoms with E-state index in [4.69, 9.17) is 4.74 Å². The second kappa shape index (κ2) is 6.11. The molecule has 1 rings (SSSR count). The van der Waals surface area contributed by atoms with Gasteiger partial charge in [0.05, 0.1) is 6.61 Å². The average molecular weight is 218 g/mol. The Kier molecular flexibility index (Phi) is 4.77. The summed E-state index contributed by atoms with van der Waals surface area (Å²) in [4.78, 5) is 11.1. The summed E-state index contributed by atoms with van der Waals surface area (Å²) in [5, 5.41) is 0. The van der Waals surface area contributed by atoms with Crippen molar-refractivity contribution in [3.63, 3.8) is 0 Å². The molecule has 0 bridgehead atoms. The Labute approximate surface area is 96.9 Å². The highest BCUT2D eigenvalue weighted by Crippen LogP contribution is 2.15. The second-order valence-electron chi connectivity index (χ2n) is 3.91. The lowest BCUT2D eigenvalue weighted by molar-refractivity contribution is -0.137. The van der Waals surface area contributed by atoms with Crippen LogP contribution in [-0.2, 0) is 9.53 Å². The molecule has 0 unspecified atom stereocenters. The molecule has 0 aliphatic rings. The molecular weight excluding hydrogens is 200 g/mol. The number of rotatable bonds is 4. The molecule has 16 heavy (non-hydrogen) atoms. The van der Waals surface area contributed by atoms with Crippen LogP contribution in [0.5, 0.6) is 0 Å². The van der Waals surface area contributed by atoms with Crippen molar-refractivity contribution in [3.05, 3.63) is 41.5 Å². The first-order chi connectivity index (χ1) is 7.63. The number of carbonyl (C=O) groups excluding carboxylic acids is 1. The van der Waals surface area contributed by atoms with Crippen molar-refractivity contribution in [1.82, 2.24) is 0 Å². The van der Waals surface area contributed by atoms with Crippen molar-refractivity contribution < 1.29 is 9.53 Å². The first-order valence-corrected chi connectivity index (χ1v) is 5.58. The molecule has 0 aliphatic carbocycles. The topological polar surface area (TPSA) is 26.3 Å². The van der Waals surface area contributed by atoms with Gasteiger partial charge in [-0.2, -0.15) is 0 Å². The minimum absolute atomic E-state index is 0.296. The summed E-state index contributed by atoms with van der Waals surface area (Å²) < 4.78 is 4.80. The van der Waals surface area contributed by atoms with Crippen LogP contribution in [-0.4, -0.2) is 12.6 Å². The van der Waals surface area contributed by atoms with Gasteiger partial charge in [0.2, 0.25) is 0 Å². The van der Waals surface area contributed by atoms with Crippen molar-refractivity contribution in [1.29, 1.82) is 0 Å². The minimum Gasteiger partial charge on any atom is -0.463 e. The molecule has 0 spiro atoms. The maximum Gasteiger partial charge on any atom is 0.330 e. The predicted molar refractivity (Wildman–Crippen MR) is 66.2 cm³/mol. The van der Waals surface area contributed by atoms with Crippen molar-refractivity contribution >= 4 is 12.0 Å². The van der Waals surface area contributed by atoms with Gasteiger partial charge in [-0.05, 0) is 30.0 Å². The highest BCUT2D eigenvalue weighted by atomic mass is 16.5. The third-order valence-corrected chi connectivity index (χ3v) is 2.30. The monoisotopic (exact) mass is 218 g/mol. The molecule has 1 aromatic rings. The summed E-state index contributed by atoms with van der Waals surface area (Å²) in [6.07, 6.45) is 3.22. The third kappa shape index (κ3) is 3.89. The maximum atomic E-state index is 11.1. The zero-order chi connectivity index (χ0) is 12.0. The highest BCUT2D eigenvalue weighted by molar-refractivity contribution is 5.87. The fraction of sp³-hybridized carbons (Fsp3) is 0.357. The molecule has 0 aromatic heterocycles. The minimum atomic E-state index is -0.296. The van der Waals surface area contributed by atoms with E-state index < -0.39 is 0 Å². The number of benzene rings is 1. The standard InChI is InChI=1S/C14H18O2/c1-4-16-14(15)10-7-12-5-8-13(9-6-12)11(2)3/h5-11H,4H2,1-3H3/b10-7-. The fourth-order valence-corrected chi connectivity index (χ4v) is 1.35. The largest absolute Gasteiger partial charge is 0.463 e. The first-order valence-electron chi connectivity index (χ1n) is 5.58. The highest BCUT2D eigenvalue weighted by Gasteiger charge is 1.98. The van der Waals surface area contributed by atoms with Crippen LogP contribution in [0.1, 0.15) is 37.8 Å². The van der Waals surface area contributed by atoms with Gasteiger partial charge < -0.3 is 4.74 Å². The molecule has 0 saturated heterocycles. The Bertz CT molecular complexity index is 361. The van der Waals surface area contributed by atoms with Gasteiger partial charge >= 0.3 is 5.97 Å². The van der Waals surface area contributed by atoms with Crippen molar-refractivity contribution in [2.75, 3.05) is 6.61 Å². The van der Waals surface area contributed by atoms with Gasteiger partial charge in [0.1, 0.15) is 0 Å². The molecular formula is C14H18O2. The van der Waals surface area contributed by atoms with E-state index in [1.807, 2.05) is 12.1 Å². The van der Waals surface area contributed by atoms with Crippen LogP contribution in [0.15, 0.2) is 30.3 Å². The summed E-state index contributed by atoms with van der Waals surface area (Å²) in [6.45, 7) is 6.52. The normalized spacial score (nSPS) is 11.0. The molecule has 86 valence electrons. The number of carbonyl (C=O) groups is 1. The van der Waals surface area contributed by atoms with Gasteiger partial charge in [-0.25, -0.2) is 4.79 Å². The molecule has 0 fully saturated rings. The van der Waals surface area contributed by atoms with Crippen molar-refractivity contribution in [2.24, 2.45) is 0 Å². The van der Waals surface area contributed by atoms with E-state index in [0.717, 1.165) is 5.56 Å². The van der Waals surface area contributed by atoms with Crippen LogP contribution >= 0.6 is 0 Å². The van der Waals surface area contributed by atoms with Crippen LogP contribution in [0.2, 0.25) is 0 Å². The van der Waals surface area contributed by atoms with E-state index in [1.54, 1.807) is 13.0 Å². The van der Waals surface area contributed by atoms with Gasteiger partial charge in [0.25, 0.3) is 0 Å². The third-order valence-electron chi connectivity index (χ3n) is 2.30. The lowest BCUT2D eigenvalue weighted by Gasteiger charge is -2.04. The molecule has 0 aliphatic heterocycles.